The van der Waals surface area contributed by atoms with Gasteiger partial charge in [0, 0.05) is 18.1 Å². The molecule has 1 saturated carbocycles. The molecular weight excluding hydrogens is 696 g/mol. The Balaban J connectivity index is 1.85. The van der Waals surface area contributed by atoms with Crippen molar-refractivity contribution in [2.24, 2.45) is 5.92 Å². The van der Waals surface area contributed by atoms with Crippen LogP contribution in [0.3, 0.4) is 0 Å². The van der Waals surface area contributed by atoms with Crippen molar-refractivity contribution in [2.45, 2.75) is 62.8 Å². The summed E-state index contributed by atoms with van der Waals surface area (Å²) in [6.45, 7) is 4.02. The standard InChI is InChI=1S/C37H33F10NO3/c1-23(18-28(38)16-17-51-37(46,47)34(41)42)35(21-24-8-4-2-5-9-24,48-33(49)26-12-14-30(39)29(19-26)36(43,44)45)27-13-15-31(40)32(20-27)50-22-25-10-6-3-7-11-25/h2,4-5,8-9,12-20,25,34H,1,3,6-7,10-11,21-22H2,(H,48,49)/b17-16+,28-18+/t35-/m0/s1. The molecule has 0 aromatic heterocycles. The Morgan fingerprint density at radius 1 is 0.922 bits per heavy atom. The van der Waals surface area contributed by atoms with Crippen LogP contribution in [0.2, 0.25) is 0 Å². The highest BCUT2D eigenvalue weighted by molar-refractivity contribution is 5.95. The average molecular weight is 730 g/mol. The zero-order valence-electron chi connectivity index (χ0n) is 26.9. The third-order valence-corrected chi connectivity index (χ3v) is 8.36. The van der Waals surface area contributed by atoms with Gasteiger partial charge in [-0.3, -0.25) is 4.79 Å². The molecule has 0 aliphatic heterocycles. The Morgan fingerprint density at radius 3 is 2.24 bits per heavy atom. The molecular formula is C37H33F10NO3. The Hall–Kier alpha value is -4.75. The minimum Gasteiger partial charge on any atom is -0.490 e. The topological polar surface area (TPSA) is 47.6 Å². The molecule has 14 heteroatoms. The summed E-state index contributed by atoms with van der Waals surface area (Å²) in [5.41, 5.74) is -4.33. The van der Waals surface area contributed by atoms with E-state index in [2.05, 4.69) is 16.6 Å². The Labute approximate surface area is 287 Å². The van der Waals surface area contributed by atoms with Gasteiger partial charge in [0.05, 0.1) is 24.0 Å². The van der Waals surface area contributed by atoms with Crippen LogP contribution in [-0.2, 0) is 22.9 Å². The van der Waals surface area contributed by atoms with Gasteiger partial charge in [0.15, 0.2) is 11.6 Å². The van der Waals surface area contributed by atoms with E-state index >= 15 is 8.78 Å². The lowest BCUT2D eigenvalue weighted by Gasteiger charge is -2.37. The number of nitrogens with one attached hydrogen (secondary N) is 1. The number of carbonyl (C=O) groups excluding carboxylic acids is 1. The summed E-state index contributed by atoms with van der Waals surface area (Å²) >= 11 is 0. The summed E-state index contributed by atoms with van der Waals surface area (Å²) in [5.74, 6) is -5.16. The van der Waals surface area contributed by atoms with E-state index < -0.39 is 58.7 Å². The number of rotatable bonds is 14. The van der Waals surface area contributed by atoms with Crippen molar-refractivity contribution in [3.05, 3.63) is 137 Å². The molecule has 4 nitrogen and oxygen atoms in total. The van der Waals surface area contributed by atoms with Crippen LogP contribution in [0.25, 0.3) is 0 Å². The highest BCUT2D eigenvalue weighted by Crippen LogP contribution is 2.39. The third kappa shape index (κ3) is 10.2. The largest absolute Gasteiger partial charge is 0.490 e. The van der Waals surface area contributed by atoms with Crippen LogP contribution in [0.15, 0.2) is 103 Å². The first-order valence-corrected chi connectivity index (χ1v) is 15.7. The first kappa shape index (κ1) is 39.0. The van der Waals surface area contributed by atoms with Gasteiger partial charge in [-0.25, -0.2) is 13.2 Å². The summed E-state index contributed by atoms with van der Waals surface area (Å²) in [7, 11) is 0. The van der Waals surface area contributed by atoms with Crippen LogP contribution in [0.5, 0.6) is 5.75 Å². The molecule has 1 aliphatic carbocycles. The minimum absolute atomic E-state index is 0.0106. The fraction of sp³-hybridized carbons (Fsp3) is 0.324. The van der Waals surface area contributed by atoms with E-state index in [4.69, 9.17) is 4.74 Å². The van der Waals surface area contributed by atoms with Crippen molar-refractivity contribution in [3.8, 4) is 5.75 Å². The molecule has 1 N–H and O–H groups in total. The second-order valence-electron chi connectivity index (χ2n) is 12.0. The van der Waals surface area contributed by atoms with Crippen LogP contribution >= 0.6 is 0 Å². The van der Waals surface area contributed by atoms with E-state index in [-0.39, 0.29) is 54.2 Å². The summed E-state index contributed by atoms with van der Waals surface area (Å²) in [5, 5.41) is 2.57. The van der Waals surface area contributed by atoms with Crippen molar-refractivity contribution in [1.82, 2.24) is 5.32 Å². The van der Waals surface area contributed by atoms with Crippen molar-refractivity contribution in [1.29, 1.82) is 0 Å². The van der Waals surface area contributed by atoms with Gasteiger partial charge in [0.25, 0.3) is 5.91 Å². The lowest BCUT2D eigenvalue weighted by atomic mass is 9.77. The van der Waals surface area contributed by atoms with Crippen LogP contribution in [0, 0.1) is 17.6 Å². The van der Waals surface area contributed by atoms with Gasteiger partial charge < -0.3 is 14.8 Å². The van der Waals surface area contributed by atoms with E-state index in [0.717, 1.165) is 44.2 Å². The highest BCUT2D eigenvalue weighted by Gasteiger charge is 2.43. The van der Waals surface area contributed by atoms with Crippen molar-refractivity contribution in [2.75, 3.05) is 6.61 Å². The fourth-order valence-electron chi connectivity index (χ4n) is 5.67. The number of ether oxygens (including phenoxy) is 2. The van der Waals surface area contributed by atoms with Gasteiger partial charge in [-0.15, -0.1) is 0 Å². The Kier molecular flexibility index (Phi) is 12.6. The lowest BCUT2D eigenvalue weighted by molar-refractivity contribution is -0.274. The van der Waals surface area contributed by atoms with Crippen molar-refractivity contribution >= 4 is 5.91 Å². The van der Waals surface area contributed by atoms with Gasteiger partial charge in [-0.1, -0.05) is 62.2 Å². The number of hydrogen-bond acceptors (Lipinski definition) is 3. The molecule has 0 bridgehead atoms. The SMILES string of the molecule is C=C(/C=C(F)\C=C\OC(F)(F)C(F)F)[C@](Cc1ccccc1)(NC(=O)c1ccc(F)c(C(F)(F)F)c1)c1ccc(F)c(OCC2CCCCC2)c1. The summed E-state index contributed by atoms with van der Waals surface area (Å²) in [4.78, 5) is 13.8. The Morgan fingerprint density at radius 2 is 1.59 bits per heavy atom. The quantitative estimate of drug-likeness (QED) is 0.102. The van der Waals surface area contributed by atoms with Gasteiger partial charge in [0.1, 0.15) is 11.6 Å². The van der Waals surface area contributed by atoms with E-state index in [9.17, 15) is 39.9 Å². The van der Waals surface area contributed by atoms with E-state index in [1.807, 2.05) is 0 Å². The molecule has 4 rings (SSSR count). The van der Waals surface area contributed by atoms with E-state index in [1.54, 1.807) is 30.3 Å². The summed E-state index contributed by atoms with van der Waals surface area (Å²) in [6.07, 6.45) is -9.03. The first-order chi connectivity index (χ1) is 24.0. The van der Waals surface area contributed by atoms with Crippen molar-refractivity contribution in [3.63, 3.8) is 0 Å². The van der Waals surface area contributed by atoms with Crippen LogP contribution in [0.1, 0.15) is 59.2 Å². The fourth-order valence-corrected chi connectivity index (χ4v) is 5.67. The normalized spacial score (nSPS) is 15.9. The third-order valence-electron chi connectivity index (χ3n) is 8.36. The lowest BCUT2D eigenvalue weighted by Crippen LogP contribution is -2.48. The van der Waals surface area contributed by atoms with Gasteiger partial charge in [0.2, 0.25) is 0 Å². The Bertz CT molecular complexity index is 1730. The van der Waals surface area contributed by atoms with E-state index in [0.29, 0.717) is 17.7 Å². The maximum Gasteiger partial charge on any atom is 0.460 e. The summed E-state index contributed by atoms with van der Waals surface area (Å²) < 4.78 is 146. The molecule has 1 amide bonds. The molecule has 0 saturated heterocycles. The van der Waals surface area contributed by atoms with Gasteiger partial charge >= 0.3 is 18.7 Å². The molecule has 0 spiro atoms. The van der Waals surface area contributed by atoms with Crippen LogP contribution < -0.4 is 10.1 Å². The molecule has 3 aromatic carbocycles. The molecule has 0 unspecified atom stereocenters. The molecule has 274 valence electrons. The number of benzene rings is 3. The summed E-state index contributed by atoms with van der Waals surface area (Å²) in [6, 6.07) is 13.0. The predicted molar refractivity (Wildman–Crippen MR) is 169 cm³/mol. The highest BCUT2D eigenvalue weighted by atomic mass is 19.4. The monoisotopic (exact) mass is 729 g/mol. The first-order valence-electron chi connectivity index (χ1n) is 15.7. The number of alkyl halides is 7. The second-order valence-corrected chi connectivity index (χ2v) is 12.0. The van der Waals surface area contributed by atoms with E-state index in [1.165, 1.54) is 12.1 Å². The molecule has 1 atom stereocenters. The number of hydrogen-bond donors (Lipinski definition) is 1. The molecule has 0 radical (unpaired) electrons. The van der Waals surface area contributed by atoms with Gasteiger partial charge in [-0.2, -0.15) is 30.7 Å². The minimum atomic E-state index is -5.17. The molecule has 0 heterocycles. The number of halogens is 10. The molecule has 51 heavy (non-hydrogen) atoms. The number of amides is 1. The number of carbonyl (C=O) groups is 1. The maximum absolute atomic E-state index is 15.2. The maximum atomic E-state index is 15.2. The van der Waals surface area contributed by atoms with Gasteiger partial charge in [-0.05, 0) is 71.9 Å². The van der Waals surface area contributed by atoms with Crippen LogP contribution in [-0.4, -0.2) is 25.0 Å². The smallest absolute Gasteiger partial charge is 0.460 e. The molecule has 3 aromatic rings. The average Bonchev–Trinajstić information content (AvgIpc) is 3.08. The van der Waals surface area contributed by atoms with Crippen molar-refractivity contribution < 1.29 is 58.2 Å². The van der Waals surface area contributed by atoms with Crippen LogP contribution in [0.4, 0.5) is 43.9 Å². The molecule has 1 aliphatic rings. The predicted octanol–water partition coefficient (Wildman–Crippen LogP) is 10.6. The second kappa shape index (κ2) is 16.5. The molecule has 1 fully saturated rings. The zero-order valence-corrected chi connectivity index (χ0v) is 26.9. The zero-order chi connectivity index (χ0) is 37.4. The number of allylic oxidation sites excluding steroid dienone is 2.